The first kappa shape index (κ1) is 14.5. The Balaban J connectivity index is 2.09. The molecule has 4 heteroatoms. The second kappa shape index (κ2) is 5.41. The number of nitrogens with zero attached hydrogens (tertiary/aromatic N) is 4. The van der Waals surface area contributed by atoms with Crippen LogP contribution < -0.4 is 0 Å². The molecule has 0 N–H and O–H groups in total. The third kappa shape index (κ3) is 2.95. The van der Waals surface area contributed by atoms with Gasteiger partial charge in [0.15, 0.2) is 5.65 Å². The van der Waals surface area contributed by atoms with Crippen LogP contribution in [0, 0.1) is 5.41 Å². The van der Waals surface area contributed by atoms with Crippen molar-refractivity contribution in [2.75, 3.05) is 13.6 Å². The molecule has 1 unspecified atom stereocenters. The summed E-state index contributed by atoms with van der Waals surface area (Å²) in [6.45, 7) is 8.94. The second-order valence-electron chi connectivity index (χ2n) is 7.46. The summed E-state index contributed by atoms with van der Waals surface area (Å²) in [6, 6.07) is 4.48. The molecule has 1 saturated heterocycles. The summed E-state index contributed by atoms with van der Waals surface area (Å²) in [6.07, 6.45) is 5.66. The molecule has 0 amide bonds. The molecule has 1 aliphatic rings. The zero-order valence-electron chi connectivity index (χ0n) is 13.6. The molecule has 114 valence electrons. The van der Waals surface area contributed by atoms with Crippen molar-refractivity contribution in [3.63, 3.8) is 0 Å². The van der Waals surface area contributed by atoms with E-state index in [0.29, 0.717) is 6.04 Å². The van der Waals surface area contributed by atoms with E-state index < -0.39 is 0 Å². The molecular weight excluding hydrogens is 260 g/mol. The van der Waals surface area contributed by atoms with Gasteiger partial charge in [0.25, 0.3) is 0 Å². The van der Waals surface area contributed by atoms with Gasteiger partial charge in [-0.3, -0.25) is 4.90 Å². The van der Waals surface area contributed by atoms with Crippen LogP contribution in [0.3, 0.4) is 0 Å². The predicted octanol–water partition coefficient (Wildman–Crippen LogP) is 3.63. The van der Waals surface area contributed by atoms with Gasteiger partial charge in [-0.05, 0) is 44.0 Å². The van der Waals surface area contributed by atoms with Crippen LogP contribution in [0.15, 0.2) is 18.3 Å². The van der Waals surface area contributed by atoms with Crippen molar-refractivity contribution in [2.45, 2.75) is 52.6 Å². The zero-order chi connectivity index (χ0) is 15.0. The molecule has 0 spiro atoms. The summed E-state index contributed by atoms with van der Waals surface area (Å²) in [5.41, 5.74) is 2.27. The lowest BCUT2D eigenvalue weighted by Crippen LogP contribution is -2.32. The number of rotatable bonds is 2. The van der Waals surface area contributed by atoms with Crippen molar-refractivity contribution in [3.05, 3.63) is 24.2 Å². The Bertz CT molecular complexity index is 623. The molecule has 3 heterocycles. The van der Waals surface area contributed by atoms with Gasteiger partial charge in [-0.15, -0.1) is 0 Å². The van der Waals surface area contributed by atoms with E-state index in [1.165, 1.54) is 25.1 Å². The standard InChI is InChI=1S/C17H26N4/c1-17(2,3)12-21-15-13(8-7-10-18-15)19-16(21)14-9-5-6-11-20(14)4/h7-8,10,14H,5-6,9,11-12H2,1-4H3. The number of fused-ring (bicyclic) bond motifs is 1. The van der Waals surface area contributed by atoms with E-state index in [0.717, 1.165) is 24.3 Å². The summed E-state index contributed by atoms with van der Waals surface area (Å²) >= 11 is 0. The molecule has 21 heavy (non-hydrogen) atoms. The summed E-state index contributed by atoms with van der Waals surface area (Å²) in [5.74, 6) is 1.20. The van der Waals surface area contributed by atoms with E-state index in [1.807, 2.05) is 12.3 Å². The molecule has 4 nitrogen and oxygen atoms in total. The third-order valence-electron chi connectivity index (χ3n) is 4.23. The molecule has 1 fully saturated rings. The summed E-state index contributed by atoms with van der Waals surface area (Å²) in [7, 11) is 2.22. The predicted molar refractivity (Wildman–Crippen MR) is 86.2 cm³/mol. The van der Waals surface area contributed by atoms with Crippen LogP contribution in [0.1, 0.15) is 51.9 Å². The Morgan fingerprint density at radius 3 is 2.81 bits per heavy atom. The highest BCUT2D eigenvalue weighted by molar-refractivity contribution is 5.71. The maximum absolute atomic E-state index is 4.93. The normalized spacial score (nSPS) is 21.0. The Hall–Kier alpha value is -1.42. The Morgan fingerprint density at radius 1 is 1.29 bits per heavy atom. The molecule has 2 aromatic rings. The van der Waals surface area contributed by atoms with E-state index in [-0.39, 0.29) is 5.41 Å². The average molecular weight is 286 g/mol. The highest BCUT2D eigenvalue weighted by Gasteiger charge is 2.28. The van der Waals surface area contributed by atoms with E-state index in [4.69, 9.17) is 4.98 Å². The number of hydrogen-bond acceptors (Lipinski definition) is 3. The third-order valence-corrected chi connectivity index (χ3v) is 4.23. The van der Waals surface area contributed by atoms with E-state index in [2.05, 4.69) is 48.3 Å². The monoisotopic (exact) mass is 286 g/mol. The smallest absolute Gasteiger partial charge is 0.160 e. The summed E-state index contributed by atoms with van der Waals surface area (Å²) in [4.78, 5) is 12.0. The van der Waals surface area contributed by atoms with Gasteiger partial charge in [-0.25, -0.2) is 9.97 Å². The lowest BCUT2D eigenvalue weighted by Gasteiger charge is -2.33. The molecule has 0 aliphatic carbocycles. The Kier molecular flexibility index (Phi) is 3.74. The Labute approximate surface area is 127 Å². The number of likely N-dealkylation sites (tertiary alicyclic amines) is 1. The maximum atomic E-state index is 4.93. The summed E-state index contributed by atoms with van der Waals surface area (Å²) in [5, 5.41) is 0. The van der Waals surface area contributed by atoms with E-state index in [1.54, 1.807) is 0 Å². The van der Waals surface area contributed by atoms with Crippen LogP contribution in [-0.2, 0) is 6.54 Å². The maximum Gasteiger partial charge on any atom is 0.160 e. The molecule has 3 rings (SSSR count). The first-order valence-corrected chi connectivity index (χ1v) is 7.97. The van der Waals surface area contributed by atoms with Crippen molar-refractivity contribution in [3.8, 4) is 0 Å². The number of hydrogen-bond donors (Lipinski definition) is 0. The van der Waals surface area contributed by atoms with Crippen molar-refractivity contribution in [2.24, 2.45) is 5.41 Å². The fourth-order valence-corrected chi connectivity index (χ4v) is 3.26. The fourth-order valence-electron chi connectivity index (χ4n) is 3.26. The molecule has 0 saturated carbocycles. The van der Waals surface area contributed by atoms with Crippen LogP contribution in [0.25, 0.3) is 11.2 Å². The fraction of sp³-hybridized carbons (Fsp3) is 0.647. The van der Waals surface area contributed by atoms with Crippen LogP contribution >= 0.6 is 0 Å². The van der Waals surface area contributed by atoms with Gasteiger partial charge < -0.3 is 4.57 Å². The minimum Gasteiger partial charge on any atom is -0.311 e. The summed E-state index contributed by atoms with van der Waals surface area (Å²) < 4.78 is 2.35. The van der Waals surface area contributed by atoms with Gasteiger partial charge in [-0.1, -0.05) is 27.2 Å². The van der Waals surface area contributed by atoms with Gasteiger partial charge in [-0.2, -0.15) is 0 Å². The lowest BCUT2D eigenvalue weighted by atomic mass is 9.96. The van der Waals surface area contributed by atoms with Crippen LogP contribution in [0.5, 0.6) is 0 Å². The van der Waals surface area contributed by atoms with E-state index >= 15 is 0 Å². The molecule has 2 aromatic heterocycles. The molecular formula is C17H26N4. The first-order valence-electron chi connectivity index (χ1n) is 7.97. The molecule has 1 atom stereocenters. The Morgan fingerprint density at radius 2 is 2.10 bits per heavy atom. The first-order chi connectivity index (χ1) is 9.96. The number of aromatic nitrogens is 3. The molecule has 0 aromatic carbocycles. The largest absolute Gasteiger partial charge is 0.311 e. The van der Waals surface area contributed by atoms with Gasteiger partial charge in [0.2, 0.25) is 0 Å². The van der Waals surface area contributed by atoms with Crippen molar-refractivity contribution in [1.29, 1.82) is 0 Å². The van der Waals surface area contributed by atoms with Crippen molar-refractivity contribution in [1.82, 2.24) is 19.4 Å². The zero-order valence-corrected chi connectivity index (χ0v) is 13.6. The molecule has 0 radical (unpaired) electrons. The quantitative estimate of drug-likeness (QED) is 0.845. The van der Waals surface area contributed by atoms with Crippen LogP contribution in [0.4, 0.5) is 0 Å². The second-order valence-corrected chi connectivity index (χ2v) is 7.46. The van der Waals surface area contributed by atoms with Gasteiger partial charge >= 0.3 is 0 Å². The minimum absolute atomic E-state index is 0.215. The number of imidazole rings is 1. The minimum atomic E-state index is 0.215. The highest BCUT2D eigenvalue weighted by atomic mass is 15.2. The number of pyridine rings is 1. The van der Waals surface area contributed by atoms with Crippen LogP contribution in [-0.4, -0.2) is 33.0 Å². The van der Waals surface area contributed by atoms with Gasteiger partial charge in [0.05, 0.1) is 6.04 Å². The van der Waals surface area contributed by atoms with E-state index in [9.17, 15) is 0 Å². The van der Waals surface area contributed by atoms with Gasteiger partial charge in [0.1, 0.15) is 11.3 Å². The number of piperidine rings is 1. The average Bonchev–Trinajstić information content (AvgIpc) is 2.76. The van der Waals surface area contributed by atoms with Gasteiger partial charge in [0, 0.05) is 12.7 Å². The van der Waals surface area contributed by atoms with Crippen molar-refractivity contribution < 1.29 is 0 Å². The van der Waals surface area contributed by atoms with Crippen molar-refractivity contribution >= 4 is 11.2 Å². The SMILES string of the molecule is CN1CCCCC1c1nc2cccnc2n1CC(C)(C)C. The highest BCUT2D eigenvalue weighted by Crippen LogP contribution is 2.32. The topological polar surface area (TPSA) is 34.0 Å². The lowest BCUT2D eigenvalue weighted by molar-refractivity contribution is 0.172. The molecule has 1 aliphatic heterocycles. The van der Waals surface area contributed by atoms with Crippen LogP contribution in [0.2, 0.25) is 0 Å². The molecule has 0 bridgehead atoms.